The standard InChI is InChI=1S/C18H30N2O2SSi/c1-18(2,3)22-17(21)19-12-14-8-10-15(11-9-14)16(23-4)20-13-24(5,6)7/h8-11H,12-13H2,1-7H3,(H,19,21). The van der Waals surface area contributed by atoms with Gasteiger partial charge in [-0.2, -0.15) is 0 Å². The number of aliphatic imine (C=N–C) groups is 1. The van der Waals surface area contributed by atoms with Crippen molar-refractivity contribution in [1.82, 2.24) is 5.32 Å². The molecule has 0 aliphatic carbocycles. The lowest BCUT2D eigenvalue weighted by atomic mass is 10.1. The number of nitrogens with zero attached hydrogens (tertiary/aromatic N) is 1. The molecule has 6 heteroatoms. The summed E-state index contributed by atoms with van der Waals surface area (Å²) in [6.07, 6.45) is 2.60. The molecule has 0 heterocycles. The third-order valence-electron chi connectivity index (χ3n) is 2.93. The third-order valence-corrected chi connectivity index (χ3v) is 4.79. The number of carbonyl (C=O) groups excluding carboxylic acids is 1. The Labute approximate surface area is 151 Å². The molecule has 1 N–H and O–H groups in total. The molecule has 0 radical (unpaired) electrons. The largest absolute Gasteiger partial charge is 0.444 e. The number of ether oxygens (including phenoxy) is 1. The van der Waals surface area contributed by atoms with Crippen LogP contribution in [0.15, 0.2) is 29.3 Å². The Hall–Kier alpha value is -1.27. The first-order valence-corrected chi connectivity index (χ1v) is 13.1. The van der Waals surface area contributed by atoms with Gasteiger partial charge in [0.15, 0.2) is 0 Å². The minimum Gasteiger partial charge on any atom is -0.444 e. The van der Waals surface area contributed by atoms with Crippen molar-refractivity contribution in [3.05, 3.63) is 35.4 Å². The van der Waals surface area contributed by atoms with Gasteiger partial charge in [-0.3, -0.25) is 4.99 Å². The quantitative estimate of drug-likeness (QED) is 0.467. The summed E-state index contributed by atoms with van der Waals surface area (Å²) in [5.74, 6) is 0. The molecule has 1 aromatic rings. The molecule has 0 aliphatic rings. The van der Waals surface area contributed by atoms with E-state index in [1.165, 1.54) is 0 Å². The van der Waals surface area contributed by atoms with Crippen LogP contribution in [0.2, 0.25) is 19.6 Å². The molecule has 0 bridgehead atoms. The number of carbonyl (C=O) groups is 1. The average Bonchev–Trinajstić information content (AvgIpc) is 2.44. The van der Waals surface area contributed by atoms with Crippen LogP contribution in [0.1, 0.15) is 31.9 Å². The summed E-state index contributed by atoms with van der Waals surface area (Å²) < 4.78 is 5.23. The minimum absolute atomic E-state index is 0.395. The highest BCUT2D eigenvalue weighted by Crippen LogP contribution is 2.14. The van der Waals surface area contributed by atoms with Crippen molar-refractivity contribution >= 4 is 31.0 Å². The van der Waals surface area contributed by atoms with Crippen molar-refractivity contribution in [2.45, 2.75) is 52.6 Å². The number of nitrogens with one attached hydrogen (secondary N) is 1. The molecule has 0 saturated heterocycles. The molecule has 1 rings (SSSR count). The van der Waals surface area contributed by atoms with Gasteiger partial charge in [-0.05, 0) is 32.6 Å². The topological polar surface area (TPSA) is 50.7 Å². The Morgan fingerprint density at radius 1 is 1.21 bits per heavy atom. The smallest absolute Gasteiger partial charge is 0.407 e. The van der Waals surface area contributed by atoms with E-state index in [2.05, 4.69) is 43.3 Å². The molecule has 134 valence electrons. The van der Waals surface area contributed by atoms with Gasteiger partial charge in [0, 0.05) is 18.3 Å². The van der Waals surface area contributed by atoms with Gasteiger partial charge in [0.25, 0.3) is 0 Å². The molecule has 1 aromatic carbocycles. The number of rotatable bonds is 5. The van der Waals surface area contributed by atoms with Gasteiger partial charge in [-0.25, -0.2) is 4.79 Å². The molecule has 0 aromatic heterocycles. The molecule has 4 nitrogen and oxygen atoms in total. The van der Waals surface area contributed by atoms with Gasteiger partial charge < -0.3 is 10.1 Å². The second kappa shape index (κ2) is 8.71. The maximum Gasteiger partial charge on any atom is 0.407 e. The Morgan fingerprint density at radius 2 is 1.79 bits per heavy atom. The summed E-state index contributed by atoms with van der Waals surface area (Å²) in [6, 6.07) is 8.16. The van der Waals surface area contributed by atoms with E-state index in [1.807, 2.05) is 32.9 Å². The lowest BCUT2D eigenvalue weighted by molar-refractivity contribution is 0.0523. The molecule has 0 fully saturated rings. The fourth-order valence-corrected chi connectivity index (χ4v) is 3.15. The molecule has 0 atom stereocenters. The van der Waals surface area contributed by atoms with Gasteiger partial charge in [-0.1, -0.05) is 43.9 Å². The summed E-state index contributed by atoms with van der Waals surface area (Å²) >= 11 is 1.68. The van der Waals surface area contributed by atoms with Gasteiger partial charge in [0.1, 0.15) is 5.60 Å². The monoisotopic (exact) mass is 366 g/mol. The van der Waals surface area contributed by atoms with E-state index < -0.39 is 19.8 Å². The van der Waals surface area contributed by atoms with Crippen molar-refractivity contribution < 1.29 is 9.53 Å². The normalized spacial score (nSPS) is 12.9. The SMILES string of the molecule is CSC(=NC[Si](C)(C)C)c1ccc(CNC(=O)OC(C)(C)C)cc1. The van der Waals surface area contributed by atoms with Crippen LogP contribution in [-0.4, -0.2) is 37.2 Å². The molecule has 0 spiro atoms. The Bertz CT molecular complexity index is 572. The summed E-state index contributed by atoms with van der Waals surface area (Å²) in [5, 5.41) is 3.85. The van der Waals surface area contributed by atoms with Gasteiger partial charge >= 0.3 is 6.09 Å². The maximum absolute atomic E-state index is 11.7. The lowest BCUT2D eigenvalue weighted by Gasteiger charge is -2.19. The second-order valence-electron chi connectivity index (χ2n) is 7.94. The Kier molecular flexibility index (Phi) is 7.54. The first kappa shape index (κ1) is 20.8. The molecule has 0 aliphatic heterocycles. The van der Waals surface area contributed by atoms with Crippen LogP contribution in [0.4, 0.5) is 4.79 Å². The second-order valence-corrected chi connectivity index (χ2v) is 14.2. The van der Waals surface area contributed by atoms with E-state index in [0.717, 1.165) is 22.3 Å². The lowest BCUT2D eigenvalue weighted by Crippen LogP contribution is -2.32. The number of amides is 1. The fourth-order valence-electron chi connectivity index (χ4n) is 1.84. The van der Waals surface area contributed by atoms with E-state index in [4.69, 9.17) is 9.73 Å². The van der Waals surface area contributed by atoms with Crippen molar-refractivity contribution in [2.75, 3.05) is 12.4 Å². The predicted octanol–water partition coefficient (Wildman–Crippen LogP) is 4.70. The van der Waals surface area contributed by atoms with Crippen molar-refractivity contribution in [3.63, 3.8) is 0 Å². The van der Waals surface area contributed by atoms with Crippen LogP contribution in [0.5, 0.6) is 0 Å². The summed E-state index contributed by atoms with van der Waals surface area (Å²) in [5.41, 5.74) is 1.69. The molecule has 0 saturated carbocycles. The highest BCUT2D eigenvalue weighted by molar-refractivity contribution is 8.13. The van der Waals surface area contributed by atoms with Crippen LogP contribution in [0.3, 0.4) is 0 Å². The number of thioether (sulfide) groups is 1. The highest BCUT2D eigenvalue weighted by atomic mass is 32.2. The Morgan fingerprint density at radius 3 is 2.25 bits per heavy atom. The summed E-state index contributed by atoms with van der Waals surface area (Å²) in [4.78, 5) is 16.5. The first-order chi connectivity index (χ1) is 11.0. The average molecular weight is 367 g/mol. The number of hydrogen-bond acceptors (Lipinski definition) is 4. The highest BCUT2D eigenvalue weighted by Gasteiger charge is 2.16. The zero-order valence-electron chi connectivity index (χ0n) is 15.9. The van der Waals surface area contributed by atoms with E-state index >= 15 is 0 Å². The van der Waals surface area contributed by atoms with E-state index in [-0.39, 0.29) is 0 Å². The zero-order chi connectivity index (χ0) is 18.4. The van der Waals surface area contributed by atoms with Crippen LogP contribution >= 0.6 is 11.8 Å². The predicted molar refractivity (Wildman–Crippen MR) is 108 cm³/mol. The zero-order valence-corrected chi connectivity index (χ0v) is 17.7. The first-order valence-electron chi connectivity index (χ1n) is 8.15. The van der Waals surface area contributed by atoms with Crippen LogP contribution in [-0.2, 0) is 11.3 Å². The van der Waals surface area contributed by atoms with Crippen molar-refractivity contribution in [3.8, 4) is 0 Å². The van der Waals surface area contributed by atoms with Gasteiger partial charge in [-0.15, -0.1) is 11.8 Å². The summed E-state index contributed by atoms with van der Waals surface area (Å²) in [6.45, 7) is 13.0. The van der Waals surface area contributed by atoms with E-state index in [0.29, 0.717) is 6.54 Å². The van der Waals surface area contributed by atoms with E-state index in [1.54, 1.807) is 11.8 Å². The number of hydrogen-bond donors (Lipinski definition) is 1. The van der Waals surface area contributed by atoms with Crippen LogP contribution < -0.4 is 5.32 Å². The molecule has 24 heavy (non-hydrogen) atoms. The molecule has 1 amide bonds. The van der Waals surface area contributed by atoms with Gasteiger partial charge in [0.2, 0.25) is 0 Å². The van der Waals surface area contributed by atoms with Gasteiger partial charge in [0.05, 0.1) is 13.1 Å². The molecular weight excluding hydrogens is 336 g/mol. The number of alkyl carbamates (subject to hydrolysis) is 1. The number of benzene rings is 1. The molecule has 0 unspecified atom stereocenters. The Balaban J connectivity index is 2.66. The third kappa shape index (κ3) is 8.54. The summed E-state index contributed by atoms with van der Waals surface area (Å²) in [7, 11) is -1.19. The maximum atomic E-state index is 11.7. The van der Waals surface area contributed by atoms with Crippen LogP contribution in [0, 0.1) is 0 Å². The van der Waals surface area contributed by atoms with Crippen molar-refractivity contribution in [1.29, 1.82) is 0 Å². The van der Waals surface area contributed by atoms with E-state index in [9.17, 15) is 4.79 Å². The minimum atomic E-state index is -1.19. The van der Waals surface area contributed by atoms with Crippen molar-refractivity contribution in [2.24, 2.45) is 4.99 Å². The fraction of sp³-hybridized carbons (Fsp3) is 0.556. The molecular formula is C18H30N2O2SSi. The van der Waals surface area contributed by atoms with Crippen LogP contribution in [0.25, 0.3) is 0 Å².